The van der Waals surface area contributed by atoms with Crippen molar-refractivity contribution in [3.05, 3.63) is 52.6 Å². The first-order valence-corrected chi connectivity index (χ1v) is 6.83. The number of rotatable bonds is 2. The molecule has 0 amide bonds. The summed E-state index contributed by atoms with van der Waals surface area (Å²) < 4.78 is 0. The maximum absolute atomic E-state index is 6.25. The molecule has 0 aliphatic carbocycles. The van der Waals surface area contributed by atoms with Gasteiger partial charge < -0.3 is 5.32 Å². The molecule has 100 valence electrons. The van der Waals surface area contributed by atoms with E-state index < -0.39 is 0 Å². The second-order valence-corrected chi connectivity index (χ2v) is 5.12. The average Bonchev–Trinajstić information content (AvgIpc) is 2.47. The van der Waals surface area contributed by atoms with E-state index in [0.29, 0.717) is 21.6 Å². The minimum atomic E-state index is 0.503. The summed E-state index contributed by atoms with van der Waals surface area (Å²) in [4.78, 5) is 8.77. The number of anilines is 1. The average molecular weight is 304 g/mol. The third-order valence-corrected chi connectivity index (χ3v) is 3.62. The van der Waals surface area contributed by atoms with Crippen LogP contribution in [0, 0.1) is 0 Å². The molecular formula is C15H11Cl2N3. The molecule has 0 aliphatic heterocycles. The van der Waals surface area contributed by atoms with E-state index in [0.717, 1.165) is 16.5 Å². The number of halogens is 2. The van der Waals surface area contributed by atoms with Gasteiger partial charge in [-0.05, 0) is 24.3 Å². The third kappa shape index (κ3) is 2.30. The van der Waals surface area contributed by atoms with Crippen molar-refractivity contribution in [2.45, 2.75) is 0 Å². The zero-order valence-electron chi connectivity index (χ0n) is 10.7. The van der Waals surface area contributed by atoms with Crippen LogP contribution in [0.2, 0.25) is 10.0 Å². The summed E-state index contributed by atoms with van der Waals surface area (Å²) in [6.07, 6.45) is 1.77. The molecule has 0 aliphatic rings. The molecule has 3 aromatic rings. The minimum Gasteiger partial charge on any atom is -0.372 e. The van der Waals surface area contributed by atoms with Crippen molar-refractivity contribution in [1.82, 2.24) is 9.97 Å². The highest BCUT2D eigenvalue weighted by molar-refractivity contribution is 6.37. The van der Waals surface area contributed by atoms with E-state index in [1.165, 1.54) is 0 Å². The largest absolute Gasteiger partial charge is 0.372 e. The van der Waals surface area contributed by atoms with E-state index in [9.17, 15) is 0 Å². The third-order valence-electron chi connectivity index (χ3n) is 3.04. The highest BCUT2D eigenvalue weighted by Gasteiger charge is 2.11. The molecule has 0 unspecified atom stereocenters. The Morgan fingerprint density at radius 3 is 2.70 bits per heavy atom. The lowest BCUT2D eigenvalue weighted by Gasteiger charge is -2.09. The minimum absolute atomic E-state index is 0.503. The van der Waals surface area contributed by atoms with Gasteiger partial charge in [-0.25, -0.2) is 4.98 Å². The molecule has 3 nitrogen and oxygen atoms in total. The molecule has 0 spiro atoms. The van der Waals surface area contributed by atoms with Gasteiger partial charge in [0.1, 0.15) is 5.82 Å². The van der Waals surface area contributed by atoms with Crippen molar-refractivity contribution >= 4 is 39.9 Å². The van der Waals surface area contributed by atoms with Gasteiger partial charge in [-0.15, -0.1) is 0 Å². The van der Waals surface area contributed by atoms with E-state index in [1.807, 2.05) is 30.3 Å². The van der Waals surface area contributed by atoms with Crippen LogP contribution in [0.5, 0.6) is 0 Å². The van der Waals surface area contributed by atoms with E-state index in [-0.39, 0.29) is 0 Å². The van der Waals surface area contributed by atoms with Crippen LogP contribution in [-0.2, 0) is 0 Å². The van der Waals surface area contributed by atoms with E-state index in [2.05, 4.69) is 15.3 Å². The molecule has 0 atom stereocenters. The number of fused-ring (bicyclic) bond motifs is 1. The number of aromatic nitrogens is 2. The van der Waals surface area contributed by atoms with Gasteiger partial charge in [0.05, 0.1) is 21.3 Å². The molecule has 0 radical (unpaired) electrons. The number of nitrogens with one attached hydrogen (secondary N) is 1. The molecule has 0 bridgehead atoms. The van der Waals surface area contributed by atoms with Gasteiger partial charge in [-0.1, -0.05) is 35.3 Å². The number of hydrogen-bond acceptors (Lipinski definition) is 3. The number of pyridine rings is 2. The predicted octanol–water partition coefficient (Wildman–Crippen LogP) is 4.65. The SMILES string of the molecule is CNc1nc(-c2ccc3ncccc3c2)c(Cl)cc1Cl. The van der Waals surface area contributed by atoms with Gasteiger partial charge >= 0.3 is 0 Å². The van der Waals surface area contributed by atoms with Crippen molar-refractivity contribution in [3.63, 3.8) is 0 Å². The molecule has 3 rings (SSSR count). The fourth-order valence-electron chi connectivity index (χ4n) is 2.07. The lowest BCUT2D eigenvalue weighted by molar-refractivity contribution is 1.29. The maximum atomic E-state index is 6.25. The van der Waals surface area contributed by atoms with Crippen molar-refractivity contribution < 1.29 is 0 Å². The van der Waals surface area contributed by atoms with Crippen LogP contribution in [0.3, 0.4) is 0 Å². The second kappa shape index (κ2) is 5.27. The summed E-state index contributed by atoms with van der Waals surface area (Å²) in [6.45, 7) is 0. The zero-order valence-corrected chi connectivity index (χ0v) is 12.2. The summed E-state index contributed by atoms with van der Waals surface area (Å²) >= 11 is 12.3. The van der Waals surface area contributed by atoms with Crippen LogP contribution in [0.1, 0.15) is 0 Å². The molecule has 0 fully saturated rings. The summed E-state index contributed by atoms with van der Waals surface area (Å²) in [5.41, 5.74) is 2.57. The monoisotopic (exact) mass is 303 g/mol. The summed E-state index contributed by atoms with van der Waals surface area (Å²) in [7, 11) is 1.77. The summed E-state index contributed by atoms with van der Waals surface area (Å²) in [6, 6.07) is 11.5. The van der Waals surface area contributed by atoms with E-state index >= 15 is 0 Å². The quantitative estimate of drug-likeness (QED) is 0.749. The summed E-state index contributed by atoms with van der Waals surface area (Å²) in [5, 5.41) is 5.03. The standard InChI is InChI=1S/C15H11Cl2N3/c1-18-15-12(17)8-11(16)14(20-15)10-4-5-13-9(7-10)3-2-6-19-13/h2-8H,1H3,(H,18,20). The Morgan fingerprint density at radius 1 is 1.05 bits per heavy atom. The Labute approximate surface area is 126 Å². The van der Waals surface area contributed by atoms with Crippen LogP contribution < -0.4 is 5.32 Å². The lowest BCUT2D eigenvalue weighted by atomic mass is 10.1. The molecule has 0 saturated heterocycles. The van der Waals surface area contributed by atoms with Gasteiger partial charge in [-0.2, -0.15) is 0 Å². The molecule has 20 heavy (non-hydrogen) atoms. The van der Waals surface area contributed by atoms with Gasteiger partial charge in [0, 0.05) is 24.2 Å². The Kier molecular flexibility index (Phi) is 3.47. The van der Waals surface area contributed by atoms with E-state index in [4.69, 9.17) is 23.2 Å². The Bertz CT molecular complexity index is 787. The van der Waals surface area contributed by atoms with Gasteiger partial charge in [0.2, 0.25) is 0 Å². The van der Waals surface area contributed by atoms with Gasteiger partial charge in [0.25, 0.3) is 0 Å². The fraction of sp³-hybridized carbons (Fsp3) is 0.0667. The normalized spacial score (nSPS) is 10.8. The smallest absolute Gasteiger partial charge is 0.145 e. The highest BCUT2D eigenvalue weighted by Crippen LogP contribution is 2.33. The number of hydrogen-bond donors (Lipinski definition) is 1. The molecule has 2 aromatic heterocycles. The first kappa shape index (κ1) is 13.2. The van der Waals surface area contributed by atoms with Crippen LogP contribution in [-0.4, -0.2) is 17.0 Å². The van der Waals surface area contributed by atoms with Gasteiger partial charge in [0.15, 0.2) is 0 Å². The lowest BCUT2D eigenvalue weighted by Crippen LogP contribution is -1.96. The molecular weight excluding hydrogens is 293 g/mol. The van der Waals surface area contributed by atoms with Crippen molar-refractivity contribution in [1.29, 1.82) is 0 Å². The second-order valence-electron chi connectivity index (χ2n) is 4.31. The number of nitrogens with zero attached hydrogens (tertiary/aromatic N) is 2. The van der Waals surface area contributed by atoms with Crippen LogP contribution in [0.25, 0.3) is 22.2 Å². The molecule has 2 heterocycles. The zero-order chi connectivity index (χ0) is 14.1. The highest BCUT2D eigenvalue weighted by atomic mass is 35.5. The Balaban J connectivity index is 2.19. The molecule has 1 N–H and O–H groups in total. The van der Waals surface area contributed by atoms with Crippen molar-refractivity contribution in [2.75, 3.05) is 12.4 Å². The van der Waals surface area contributed by atoms with Crippen molar-refractivity contribution in [2.24, 2.45) is 0 Å². The topological polar surface area (TPSA) is 37.8 Å². The van der Waals surface area contributed by atoms with Crippen LogP contribution >= 0.6 is 23.2 Å². The van der Waals surface area contributed by atoms with Crippen LogP contribution in [0.15, 0.2) is 42.6 Å². The van der Waals surface area contributed by atoms with Crippen molar-refractivity contribution in [3.8, 4) is 11.3 Å². The van der Waals surface area contributed by atoms with Crippen LogP contribution in [0.4, 0.5) is 5.82 Å². The molecule has 0 saturated carbocycles. The predicted molar refractivity (Wildman–Crippen MR) is 84.5 cm³/mol. The molecule has 1 aromatic carbocycles. The Hall–Kier alpha value is -1.84. The van der Waals surface area contributed by atoms with E-state index in [1.54, 1.807) is 19.3 Å². The van der Waals surface area contributed by atoms with Gasteiger partial charge in [-0.3, -0.25) is 4.98 Å². The number of benzene rings is 1. The molecule has 5 heteroatoms. The summed E-state index contributed by atoms with van der Waals surface area (Å²) in [5.74, 6) is 0.609. The Morgan fingerprint density at radius 2 is 1.90 bits per heavy atom. The first-order valence-electron chi connectivity index (χ1n) is 6.08. The fourth-order valence-corrected chi connectivity index (χ4v) is 2.63. The first-order chi connectivity index (χ1) is 9.69. The maximum Gasteiger partial charge on any atom is 0.145 e.